The number of pyridine rings is 1. The first-order chi connectivity index (χ1) is 9.98. The number of alkyl halides is 1. The van der Waals surface area contributed by atoms with Crippen LogP contribution in [0.3, 0.4) is 0 Å². The maximum Gasteiger partial charge on any atom is 0.0621 e. The number of hydrogen-bond donors (Lipinski definition) is 0. The topological polar surface area (TPSA) is 12.9 Å². The molecule has 4 bridgehead atoms. The predicted octanol–water partition coefficient (Wildman–Crippen LogP) is 5.65. The van der Waals surface area contributed by atoms with Gasteiger partial charge in [-0.2, -0.15) is 0 Å². The highest BCUT2D eigenvalue weighted by molar-refractivity contribution is 9.09. The van der Waals surface area contributed by atoms with E-state index in [1.807, 2.05) is 6.20 Å². The molecule has 0 spiro atoms. The van der Waals surface area contributed by atoms with Gasteiger partial charge in [0.1, 0.15) is 0 Å². The normalized spacial score (nSPS) is 42.2. The zero-order valence-electron chi connectivity index (χ0n) is 12.6. The molecule has 1 aromatic rings. The van der Waals surface area contributed by atoms with Crippen LogP contribution in [-0.2, 0) is 6.42 Å². The quantitative estimate of drug-likeness (QED) is 0.628. The Morgan fingerprint density at radius 2 is 2.05 bits per heavy atom. The summed E-state index contributed by atoms with van der Waals surface area (Å²) in [6.07, 6.45) is 13.4. The molecule has 21 heavy (non-hydrogen) atoms. The van der Waals surface area contributed by atoms with Crippen molar-refractivity contribution in [1.29, 1.82) is 0 Å². The second kappa shape index (κ2) is 4.96. The predicted molar refractivity (Wildman–Crippen MR) is 90.9 cm³/mol. The molecule has 3 heteroatoms. The standard InChI is InChI=1S/C18H23BrClN/c1-17-6-12-4-13(7-17)9-18(8-12,11-17)16(19)5-14-2-3-21-10-15(14)20/h2-3,10,12-13,16H,4-9,11H2,1H3. The van der Waals surface area contributed by atoms with Crippen LogP contribution < -0.4 is 0 Å². The lowest BCUT2D eigenvalue weighted by Gasteiger charge is -2.63. The Morgan fingerprint density at radius 3 is 2.67 bits per heavy atom. The molecule has 0 aromatic carbocycles. The molecule has 0 N–H and O–H groups in total. The van der Waals surface area contributed by atoms with Crippen LogP contribution in [0.4, 0.5) is 0 Å². The molecule has 1 aromatic heterocycles. The van der Waals surface area contributed by atoms with Crippen LogP contribution in [0.25, 0.3) is 0 Å². The third-order valence-electron chi connectivity index (χ3n) is 6.32. The molecule has 0 aliphatic heterocycles. The maximum atomic E-state index is 6.32. The van der Waals surface area contributed by atoms with Crippen molar-refractivity contribution in [2.45, 2.75) is 56.7 Å². The third kappa shape index (κ3) is 2.47. The van der Waals surface area contributed by atoms with Gasteiger partial charge in [-0.05, 0) is 79.2 Å². The summed E-state index contributed by atoms with van der Waals surface area (Å²) in [7, 11) is 0. The van der Waals surface area contributed by atoms with E-state index in [1.165, 1.54) is 44.1 Å². The summed E-state index contributed by atoms with van der Waals surface area (Å²) < 4.78 is 0. The van der Waals surface area contributed by atoms with Gasteiger partial charge in [0.15, 0.2) is 0 Å². The minimum atomic E-state index is 0.505. The fourth-order valence-electron chi connectivity index (χ4n) is 6.14. The fraction of sp³-hybridized carbons (Fsp3) is 0.722. The third-order valence-corrected chi connectivity index (χ3v) is 7.95. The Hall–Kier alpha value is -0.0800. The average Bonchev–Trinajstić information content (AvgIpc) is 2.38. The first-order valence-electron chi connectivity index (χ1n) is 8.21. The van der Waals surface area contributed by atoms with Crippen molar-refractivity contribution in [1.82, 2.24) is 4.98 Å². The lowest BCUT2D eigenvalue weighted by Crippen LogP contribution is -2.54. The van der Waals surface area contributed by atoms with Crippen LogP contribution in [0.1, 0.15) is 51.0 Å². The van der Waals surface area contributed by atoms with Crippen molar-refractivity contribution in [2.75, 3.05) is 0 Å². The molecule has 0 saturated heterocycles. The van der Waals surface area contributed by atoms with E-state index in [1.54, 1.807) is 6.20 Å². The van der Waals surface area contributed by atoms with Gasteiger partial charge >= 0.3 is 0 Å². The van der Waals surface area contributed by atoms with Crippen LogP contribution in [0, 0.1) is 22.7 Å². The summed E-state index contributed by atoms with van der Waals surface area (Å²) in [5.41, 5.74) is 2.36. The smallest absolute Gasteiger partial charge is 0.0621 e. The van der Waals surface area contributed by atoms with E-state index < -0.39 is 0 Å². The van der Waals surface area contributed by atoms with Crippen LogP contribution in [-0.4, -0.2) is 9.81 Å². The minimum Gasteiger partial charge on any atom is -0.263 e. The van der Waals surface area contributed by atoms with E-state index in [-0.39, 0.29) is 0 Å². The number of rotatable bonds is 3. The van der Waals surface area contributed by atoms with E-state index in [0.717, 1.165) is 23.3 Å². The van der Waals surface area contributed by atoms with Crippen LogP contribution >= 0.6 is 27.5 Å². The Balaban J connectivity index is 1.59. The molecule has 114 valence electrons. The van der Waals surface area contributed by atoms with Crippen molar-refractivity contribution < 1.29 is 0 Å². The Labute approximate surface area is 141 Å². The molecule has 5 rings (SSSR count). The Bertz CT molecular complexity index is 544. The summed E-state index contributed by atoms with van der Waals surface area (Å²) >= 11 is 10.4. The summed E-state index contributed by atoms with van der Waals surface area (Å²) in [5, 5.41) is 0.817. The van der Waals surface area contributed by atoms with E-state index in [4.69, 9.17) is 11.6 Å². The fourth-order valence-corrected chi connectivity index (χ4v) is 7.22. The monoisotopic (exact) mass is 367 g/mol. The van der Waals surface area contributed by atoms with Crippen LogP contribution in [0.5, 0.6) is 0 Å². The molecule has 3 unspecified atom stereocenters. The maximum absolute atomic E-state index is 6.32. The van der Waals surface area contributed by atoms with E-state index in [0.29, 0.717) is 15.7 Å². The summed E-state index contributed by atoms with van der Waals surface area (Å²) in [5.74, 6) is 1.95. The van der Waals surface area contributed by atoms with E-state index in [9.17, 15) is 0 Å². The lowest BCUT2D eigenvalue weighted by atomic mass is 9.44. The van der Waals surface area contributed by atoms with Gasteiger partial charge in [0.25, 0.3) is 0 Å². The lowest BCUT2D eigenvalue weighted by molar-refractivity contribution is -0.101. The second-order valence-electron chi connectivity index (χ2n) is 8.27. The van der Waals surface area contributed by atoms with Gasteiger partial charge < -0.3 is 0 Å². The molecule has 4 aliphatic carbocycles. The van der Waals surface area contributed by atoms with Gasteiger partial charge in [-0.25, -0.2) is 0 Å². The van der Waals surface area contributed by atoms with E-state index >= 15 is 0 Å². The van der Waals surface area contributed by atoms with Crippen molar-refractivity contribution in [3.63, 3.8) is 0 Å². The molecule has 0 amide bonds. The number of halogens is 2. The highest BCUT2D eigenvalue weighted by atomic mass is 79.9. The first kappa shape index (κ1) is 14.5. The minimum absolute atomic E-state index is 0.505. The van der Waals surface area contributed by atoms with Gasteiger partial charge in [-0.3, -0.25) is 4.98 Å². The molecule has 0 radical (unpaired) electrons. The van der Waals surface area contributed by atoms with Crippen LogP contribution in [0.2, 0.25) is 5.02 Å². The zero-order chi connectivity index (χ0) is 14.7. The summed E-state index contributed by atoms with van der Waals surface area (Å²) in [6, 6.07) is 2.08. The van der Waals surface area contributed by atoms with Gasteiger partial charge in [-0.15, -0.1) is 0 Å². The average molecular weight is 369 g/mol. The molecular formula is C18H23BrClN. The number of aromatic nitrogens is 1. The van der Waals surface area contributed by atoms with Gasteiger partial charge in [-0.1, -0.05) is 34.5 Å². The van der Waals surface area contributed by atoms with Crippen molar-refractivity contribution in [2.24, 2.45) is 22.7 Å². The first-order valence-corrected chi connectivity index (χ1v) is 9.50. The molecular weight excluding hydrogens is 346 g/mol. The Kier molecular flexibility index (Phi) is 3.43. The number of nitrogens with zero attached hydrogens (tertiary/aromatic N) is 1. The second-order valence-corrected chi connectivity index (χ2v) is 9.79. The highest BCUT2D eigenvalue weighted by Crippen LogP contribution is 2.67. The molecule has 4 fully saturated rings. The van der Waals surface area contributed by atoms with Gasteiger partial charge in [0, 0.05) is 17.2 Å². The molecule has 4 saturated carbocycles. The van der Waals surface area contributed by atoms with Crippen molar-refractivity contribution in [3.05, 3.63) is 29.0 Å². The van der Waals surface area contributed by atoms with Gasteiger partial charge in [0.05, 0.1) is 5.02 Å². The Morgan fingerprint density at radius 1 is 1.33 bits per heavy atom. The SMILES string of the molecule is CC12CC3CC(C1)CC(C(Br)Cc1ccncc1Cl)(C3)C2. The van der Waals surface area contributed by atoms with Gasteiger partial charge in [0.2, 0.25) is 0 Å². The van der Waals surface area contributed by atoms with Crippen LogP contribution in [0.15, 0.2) is 18.5 Å². The molecule has 3 atom stereocenters. The van der Waals surface area contributed by atoms with Crippen molar-refractivity contribution in [3.8, 4) is 0 Å². The summed E-state index contributed by atoms with van der Waals surface area (Å²) in [4.78, 5) is 4.66. The van der Waals surface area contributed by atoms with E-state index in [2.05, 4.69) is 33.9 Å². The highest BCUT2D eigenvalue weighted by Gasteiger charge is 2.57. The summed E-state index contributed by atoms with van der Waals surface area (Å²) in [6.45, 7) is 2.54. The largest absolute Gasteiger partial charge is 0.263 e. The zero-order valence-corrected chi connectivity index (χ0v) is 15.0. The molecule has 4 aliphatic rings. The van der Waals surface area contributed by atoms with Crippen molar-refractivity contribution >= 4 is 27.5 Å². The number of hydrogen-bond acceptors (Lipinski definition) is 1. The molecule has 1 nitrogen and oxygen atoms in total. The molecule has 1 heterocycles.